The van der Waals surface area contributed by atoms with Crippen LogP contribution >= 0.6 is 0 Å². The van der Waals surface area contributed by atoms with Crippen molar-refractivity contribution in [2.45, 2.75) is 20.3 Å². The van der Waals surface area contributed by atoms with Crippen molar-refractivity contribution in [3.05, 3.63) is 36.1 Å². The first-order chi connectivity index (χ1) is 8.74. The van der Waals surface area contributed by atoms with Crippen LogP contribution in [-0.2, 0) is 0 Å². The predicted octanol–water partition coefficient (Wildman–Crippen LogP) is 3.35. The zero-order valence-corrected chi connectivity index (χ0v) is 11.0. The van der Waals surface area contributed by atoms with Crippen LogP contribution in [0.4, 0.5) is 0 Å². The molecule has 0 aliphatic carbocycles. The maximum absolute atomic E-state index is 12.1. The molecule has 0 spiro atoms. The van der Waals surface area contributed by atoms with E-state index in [0.29, 0.717) is 12.3 Å². The van der Waals surface area contributed by atoms with Crippen LogP contribution in [-0.4, -0.2) is 30.3 Å². The average Bonchev–Trinajstić information content (AvgIpc) is 2.82. The Bertz CT molecular complexity index is 497. The van der Waals surface area contributed by atoms with E-state index in [9.17, 15) is 4.79 Å². The highest BCUT2D eigenvalue weighted by Crippen LogP contribution is 2.19. The molecule has 0 radical (unpaired) electrons. The Labute approximate surface area is 107 Å². The van der Waals surface area contributed by atoms with E-state index in [4.69, 9.17) is 4.42 Å². The molecule has 1 heterocycles. The normalized spacial score (nSPS) is 11.3. The van der Waals surface area contributed by atoms with Gasteiger partial charge in [-0.3, -0.25) is 9.69 Å². The molecular weight excluding hydrogens is 226 g/mol. The predicted molar refractivity (Wildman–Crippen MR) is 72.9 cm³/mol. The molecule has 0 unspecified atom stereocenters. The van der Waals surface area contributed by atoms with E-state index in [1.165, 1.54) is 0 Å². The second-order valence-electron chi connectivity index (χ2n) is 4.44. The Balaban J connectivity index is 2.13. The van der Waals surface area contributed by atoms with Crippen molar-refractivity contribution in [1.29, 1.82) is 0 Å². The molecule has 0 aliphatic heterocycles. The summed E-state index contributed by atoms with van der Waals surface area (Å²) in [5.74, 6) is 0.521. The monoisotopic (exact) mass is 245 g/mol. The lowest BCUT2D eigenvalue weighted by Gasteiger charge is -2.17. The van der Waals surface area contributed by atoms with Gasteiger partial charge in [0.15, 0.2) is 5.76 Å². The summed E-state index contributed by atoms with van der Waals surface area (Å²) in [5.41, 5.74) is 0.777. The Morgan fingerprint density at radius 1 is 1.28 bits per heavy atom. The van der Waals surface area contributed by atoms with Gasteiger partial charge in [-0.1, -0.05) is 32.0 Å². The molecule has 96 valence electrons. The van der Waals surface area contributed by atoms with Gasteiger partial charge in [0, 0.05) is 5.39 Å². The van der Waals surface area contributed by atoms with Crippen molar-refractivity contribution in [2.24, 2.45) is 0 Å². The van der Waals surface area contributed by atoms with Crippen molar-refractivity contribution in [3.8, 4) is 0 Å². The van der Waals surface area contributed by atoms with Gasteiger partial charge in [0.05, 0.1) is 6.54 Å². The summed E-state index contributed by atoms with van der Waals surface area (Å²) in [6.45, 7) is 6.46. The van der Waals surface area contributed by atoms with Gasteiger partial charge in [0.2, 0.25) is 5.78 Å². The van der Waals surface area contributed by atoms with Gasteiger partial charge < -0.3 is 4.42 Å². The Hall–Kier alpha value is -1.61. The summed E-state index contributed by atoms with van der Waals surface area (Å²) in [6.07, 6.45) is 1.06. The summed E-state index contributed by atoms with van der Waals surface area (Å²) >= 11 is 0. The highest BCUT2D eigenvalue weighted by Gasteiger charge is 2.14. The molecule has 0 atom stereocenters. The first-order valence-corrected chi connectivity index (χ1v) is 6.48. The fraction of sp³-hybridized carbons (Fsp3) is 0.400. The lowest BCUT2D eigenvalue weighted by molar-refractivity contribution is 0.0909. The second-order valence-corrected chi connectivity index (χ2v) is 4.44. The summed E-state index contributed by atoms with van der Waals surface area (Å²) in [5, 5.41) is 0.986. The van der Waals surface area contributed by atoms with Crippen LogP contribution < -0.4 is 0 Å². The van der Waals surface area contributed by atoms with E-state index in [2.05, 4.69) is 18.7 Å². The molecule has 18 heavy (non-hydrogen) atoms. The lowest BCUT2D eigenvalue weighted by atomic mass is 10.2. The van der Waals surface area contributed by atoms with E-state index in [0.717, 1.165) is 30.5 Å². The van der Waals surface area contributed by atoms with Gasteiger partial charge in [-0.15, -0.1) is 0 Å². The van der Waals surface area contributed by atoms with Gasteiger partial charge in [0.1, 0.15) is 5.58 Å². The van der Waals surface area contributed by atoms with Gasteiger partial charge in [-0.2, -0.15) is 0 Å². The summed E-state index contributed by atoms with van der Waals surface area (Å²) < 4.78 is 5.58. The SMILES string of the molecule is CCCN(CC)CC(=O)c1cc2ccccc2o1. The third-order valence-electron chi connectivity index (χ3n) is 3.05. The van der Waals surface area contributed by atoms with Gasteiger partial charge in [0.25, 0.3) is 0 Å². The Morgan fingerprint density at radius 2 is 2.06 bits per heavy atom. The number of Topliss-reactive ketones (excluding diaryl/α,β-unsaturated/α-hetero) is 1. The van der Waals surface area contributed by atoms with Crippen LogP contribution in [0, 0.1) is 0 Å². The quantitative estimate of drug-likeness (QED) is 0.732. The molecule has 0 amide bonds. The van der Waals surface area contributed by atoms with E-state index < -0.39 is 0 Å². The van der Waals surface area contributed by atoms with Crippen LogP contribution in [0.25, 0.3) is 11.0 Å². The number of carbonyl (C=O) groups excluding carboxylic acids is 1. The van der Waals surface area contributed by atoms with Gasteiger partial charge in [-0.05, 0) is 31.6 Å². The maximum atomic E-state index is 12.1. The van der Waals surface area contributed by atoms with Crippen molar-refractivity contribution in [2.75, 3.05) is 19.6 Å². The minimum Gasteiger partial charge on any atom is -0.453 e. The van der Waals surface area contributed by atoms with Crippen LogP contribution in [0.3, 0.4) is 0 Å². The van der Waals surface area contributed by atoms with Crippen LogP contribution in [0.15, 0.2) is 34.7 Å². The first kappa shape index (κ1) is 12.8. The van der Waals surface area contributed by atoms with Crippen LogP contribution in [0.1, 0.15) is 30.8 Å². The maximum Gasteiger partial charge on any atom is 0.211 e. The number of rotatable bonds is 6. The van der Waals surface area contributed by atoms with Gasteiger partial charge in [-0.25, -0.2) is 0 Å². The molecule has 0 bridgehead atoms. The molecule has 0 saturated carbocycles. The van der Waals surface area contributed by atoms with E-state index >= 15 is 0 Å². The third-order valence-corrected chi connectivity index (χ3v) is 3.05. The van der Waals surface area contributed by atoms with Crippen molar-refractivity contribution in [3.63, 3.8) is 0 Å². The largest absolute Gasteiger partial charge is 0.453 e. The number of nitrogens with zero attached hydrogens (tertiary/aromatic N) is 1. The summed E-state index contributed by atoms with van der Waals surface area (Å²) in [6, 6.07) is 9.53. The summed E-state index contributed by atoms with van der Waals surface area (Å²) in [7, 11) is 0. The lowest BCUT2D eigenvalue weighted by Crippen LogP contribution is -2.30. The fourth-order valence-corrected chi connectivity index (χ4v) is 2.07. The minimum absolute atomic E-state index is 0.0569. The fourth-order valence-electron chi connectivity index (χ4n) is 2.07. The molecule has 0 aliphatic rings. The third kappa shape index (κ3) is 2.79. The number of hydrogen-bond acceptors (Lipinski definition) is 3. The zero-order chi connectivity index (χ0) is 13.0. The number of hydrogen-bond donors (Lipinski definition) is 0. The smallest absolute Gasteiger partial charge is 0.211 e. The van der Waals surface area contributed by atoms with Crippen molar-refractivity contribution >= 4 is 16.8 Å². The molecule has 3 nitrogen and oxygen atoms in total. The molecule has 3 heteroatoms. The van der Waals surface area contributed by atoms with E-state index in [1.54, 1.807) is 0 Å². The molecule has 0 fully saturated rings. The molecular formula is C15H19NO2. The van der Waals surface area contributed by atoms with Crippen LogP contribution in [0.2, 0.25) is 0 Å². The molecule has 0 saturated heterocycles. The van der Waals surface area contributed by atoms with Gasteiger partial charge >= 0.3 is 0 Å². The molecule has 0 N–H and O–H groups in total. The zero-order valence-electron chi connectivity index (χ0n) is 11.0. The summed E-state index contributed by atoms with van der Waals surface area (Å²) in [4.78, 5) is 14.3. The number of fused-ring (bicyclic) bond motifs is 1. The average molecular weight is 245 g/mol. The number of furan rings is 1. The van der Waals surface area contributed by atoms with E-state index in [-0.39, 0.29) is 5.78 Å². The Morgan fingerprint density at radius 3 is 2.72 bits per heavy atom. The molecule has 2 aromatic rings. The highest BCUT2D eigenvalue weighted by atomic mass is 16.3. The number of para-hydroxylation sites is 1. The highest BCUT2D eigenvalue weighted by molar-refractivity contribution is 5.98. The van der Waals surface area contributed by atoms with Crippen molar-refractivity contribution in [1.82, 2.24) is 4.90 Å². The molecule has 1 aromatic heterocycles. The number of benzene rings is 1. The first-order valence-electron chi connectivity index (χ1n) is 6.48. The number of carbonyl (C=O) groups is 1. The number of ketones is 1. The van der Waals surface area contributed by atoms with Crippen LogP contribution in [0.5, 0.6) is 0 Å². The second kappa shape index (κ2) is 5.83. The molecule has 2 rings (SSSR count). The molecule has 1 aromatic carbocycles. The Kier molecular flexibility index (Phi) is 4.15. The number of likely N-dealkylation sites (N-methyl/N-ethyl adjacent to an activating group) is 1. The minimum atomic E-state index is 0.0569. The van der Waals surface area contributed by atoms with E-state index in [1.807, 2.05) is 30.3 Å². The topological polar surface area (TPSA) is 33.5 Å². The van der Waals surface area contributed by atoms with Crippen molar-refractivity contribution < 1.29 is 9.21 Å². The standard InChI is InChI=1S/C15H19NO2/c1-3-9-16(4-2)11-13(17)15-10-12-7-5-6-8-14(12)18-15/h5-8,10H,3-4,9,11H2,1-2H3.